The Hall–Kier alpha value is -4.12. The van der Waals surface area contributed by atoms with Gasteiger partial charge in [0, 0.05) is 19.3 Å². The van der Waals surface area contributed by atoms with Gasteiger partial charge in [0.15, 0.2) is 6.10 Å². The fraction of sp³-hybridized carbons (Fsp3) is 0.681. The number of hydrogen-bond donors (Lipinski definition) is 2. The molecule has 12 heteroatoms. The number of carbonyl (C=O) groups excluding carboxylic acids is 3. The van der Waals surface area contributed by atoms with Crippen molar-refractivity contribution in [3.05, 3.63) is 122 Å². The van der Waals surface area contributed by atoms with E-state index in [1.165, 1.54) is 109 Å². The quantitative estimate of drug-likeness (QED) is 0.0197. The molecule has 3 unspecified atom stereocenters. The molecule has 0 fully saturated rings. The van der Waals surface area contributed by atoms with Crippen molar-refractivity contribution >= 4 is 25.7 Å². The van der Waals surface area contributed by atoms with E-state index in [0.29, 0.717) is 19.3 Å². The van der Waals surface area contributed by atoms with Crippen LogP contribution in [-0.2, 0) is 42.2 Å². The average molecular weight is 1190 g/mol. The summed E-state index contributed by atoms with van der Waals surface area (Å²) < 4.78 is 39.7. The van der Waals surface area contributed by atoms with E-state index in [2.05, 4.69) is 130 Å². The van der Waals surface area contributed by atoms with E-state index in [9.17, 15) is 28.9 Å². The molecule has 0 aliphatic carbocycles. The maximum absolute atomic E-state index is 13.0. The number of aliphatic hydroxyl groups excluding tert-OH is 1. The van der Waals surface area contributed by atoms with Crippen molar-refractivity contribution in [3.63, 3.8) is 0 Å². The summed E-state index contributed by atoms with van der Waals surface area (Å²) in [6.45, 7) is 4.42. The number of phosphoric ester groups is 1. The first-order chi connectivity index (χ1) is 41.2. The molecule has 0 saturated heterocycles. The van der Waals surface area contributed by atoms with E-state index in [1.807, 2.05) is 12.2 Å². The van der Waals surface area contributed by atoms with Gasteiger partial charge < -0.3 is 24.2 Å². The van der Waals surface area contributed by atoms with E-state index in [4.69, 9.17) is 23.3 Å². The van der Waals surface area contributed by atoms with Gasteiger partial charge in [0.05, 0.1) is 19.8 Å². The molecule has 0 bridgehead atoms. The summed E-state index contributed by atoms with van der Waals surface area (Å²) in [4.78, 5) is 48.8. The highest BCUT2D eigenvalue weighted by Gasteiger charge is 2.28. The van der Waals surface area contributed by atoms with Crippen molar-refractivity contribution in [1.29, 1.82) is 0 Å². The molecule has 11 nitrogen and oxygen atoms in total. The third-order valence-electron chi connectivity index (χ3n) is 13.9. The van der Waals surface area contributed by atoms with Crippen LogP contribution in [0.5, 0.6) is 0 Å². The molecule has 0 aromatic carbocycles. The van der Waals surface area contributed by atoms with E-state index >= 15 is 0 Å². The van der Waals surface area contributed by atoms with Crippen LogP contribution in [0.25, 0.3) is 0 Å². The van der Waals surface area contributed by atoms with Crippen LogP contribution in [0.4, 0.5) is 0 Å². The Morgan fingerprint density at radius 2 is 0.643 bits per heavy atom. The van der Waals surface area contributed by atoms with Crippen molar-refractivity contribution in [3.8, 4) is 0 Å². The van der Waals surface area contributed by atoms with Crippen molar-refractivity contribution in [2.24, 2.45) is 0 Å². The van der Waals surface area contributed by atoms with Crippen LogP contribution in [0.3, 0.4) is 0 Å². The SMILES string of the molecule is CC/C=C\C/C=C\C/C=C\C/C=C\C/C=C\C/C=C\CCC(=O)OCC(COP(=O)(O)OCC(CO)OC(=O)CCCCCCCCCCC/C=C\C/C=C\CCCCC)OC(=O)CCCCCCCCCCC/C=C\C/C=C\CCCCC. The third kappa shape index (κ3) is 62.4. The van der Waals surface area contributed by atoms with Crippen molar-refractivity contribution < 1.29 is 52.2 Å². The molecule has 0 heterocycles. The largest absolute Gasteiger partial charge is 0.472 e. The molecular weight excluding hydrogens is 1070 g/mol. The minimum absolute atomic E-state index is 0.0953. The zero-order valence-electron chi connectivity index (χ0n) is 53.3. The Balaban J connectivity index is 4.79. The predicted octanol–water partition coefficient (Wildman–Crippen LogP) is 20.7. The molecule has 480 valence electrons. The van der Waals surface area contributed by atoms with E-state index in [0.717, 1.165) is 109 Å². The second-order valence-corrected chi connectivity index (χ2v) is 23.3. The van der Waals surface area contributed by atoms with E-state index in [1.54, 1.807) is 0 Å². The highest BCUT2D eigenvalue weighted by molar-refractivity contribution is 7.47. The molecule has 0 saturated carbocycles. The number of esters is 3. The Kier molecular flexibility index (Phi) is 61.7. The van der Waals surface area contributed by atoms with Gasteiger partial charge in [-0.1, -0.05) is 258 Å². The summed E-state index contributed by atoms with van der Waals surface area (Å²) in [5.74, 6) is -1.58. The number of allylic oxidation sites excluding steroid dienone is 20. The van der Waals surface area contributed by atoms with Gasteiger partial charge in [-0.3, -0.25) is 23.4 Å². The smallest absolute Gasteiger partial charge is 0.462 e. The first-order valence-corrected chi connectivity index (χ1v) is 34.9. The van der Waals surface area contributed by atoms with Crippen molar-refractivity contribution in [1.82, 2.24) is 0 Å². The summed E-state index contributed by atoms with van der Waals surface area (Å²) in [6.07, 6.45) is 81.6. The molecule has 0 aromatic rings. The molecule has 3 atom stereocenters. The van der Waals surface area contributed by atoms with Gasteiger partial charge in [-0.15, -0.1) is 0 Å². The van der Waals surface area contributed by atoms with Gasteiger partial charge in [0.2, 0.25) is 0 Å². The third-order valence-corrected chi connectivity index (χ3v) is 14.8. The summed E-state index contributed by atoms with van der Waals surface area (Å²) in [6, 6.07) is 0. The van der Waals surface area contributed by atoms with Crippen LogP contribution in [0.15, 0.2) is 122 Å². The minimum Gasteiger partial charge on any atom is -0.462 e. The molecule has 0 aliphatic heterocycles. The monoisotopic (exact) mass is 1190 g/mol. The summed E-state index contributed by atoms with van der Waals surface area (Å²) in [5, 5.41) is 9.87. The van der Waals surface area contributed by atoms with Gasteiger partial charge in [-0.25, -0.2) is 4.57 Å². The zero-order valence-corrected chi connectivity index (χ0v) is 54.2. The van der Waals surface area contributed by atoms with E-state index < -0.39 is 57.8 Å². The molecular formula is C72H121O11P. The fourth-order valence-electron chi connectivity index (χ4n) is 8.80. The normalized spacial score (nSPS) is 14.0. The van der Waals surface area contributed by atoms with Crippen molar-refractivity contribution in [2.75, 3.05) is 26.4 Å². The topological polar surface area (TPSA) is 155 Å². The lowest BCUT2D eigenvalue weighted by atomic mass is 10.1. The fourth-order valence-corrected chi connectivity index (χ4v) is 9.58. The number of rotatable bonds is 61. The number of aliphatic hydroxyl groups is 1. The first kappa shape index (κ1) is 79.9. The average Bonchev–Trinajstić information content (AvgIpc) is 3.55. The van der Waals surface area contributed by atoms with Crippen LogP contribution in [0.2, 0.25) is 0 Å². The first-order valence-electron chi connectivity index (χ1n) is 33.4. The highest BCUT2D eigenvalue weighted by Crippen LogP contribution is 2.43. The molecule has 0 rings (SSSR count). The van der Waals surface area contributed by atoms with Crippen LogP contribution >= 0.6 is 7.82 Å². The van der Waals surface area contributed by atoms with Crippen LogP contribution < -0.4 is 0 Å². The molecule has 84 heavy (non-hydrogen) atoms. The van der Waals surface area contributed by atoms with Crippen molar-refractivity contribution in [2.45, 2.75) is 290 Å². The minimum atomic E-state index is -4.78. The molecule has 0 aliphatic rings. The number of hydrogen-bond acceptors (Lipinski definition) is 10. The Morgan fingerprint density at radius 1 is 0.345 bits per heavy atom. The summed E-state index contributed by atoms with van der Waals surface area (Å²) in [7, 11) is -4.78. The maximum atomic E-state index is 13.0. The molecule has 0 aromatic heterocycles. The maximum Gasteiger partial charge on any atom is 0.472 e. The number of ether oxygens (including phenoxy) is 3. The number of phosphoric acid groups is 1. The number of carbonyl (C=O) groups is 3. The van der Waals surface area contributed by atoms with Gasteiger partial charge in [-0.05, 0) is 122 Å². The summed E-state index contributed by atoms with van der Waals surface area (Å²) in [5.41, 5.74) is 0. The molecule has 0 amide bonds. The lowest BCUT2D eigenvalue weighted by Gasteiger charge is -2.21. The number of unbranched alkanes of at least 4 members (excludes halogenated alkanes) is 24. The predicted molar refractivity (Wildman–Crippen MR) is 353 cm³/mol. The van der Waals surface area contributed by atoms with Gasteiger partial charge >= 0.3 is 25.7 Å². The lowest BCUT2D eigenvalue weighted by molar-refractivity contribution is -0.161. The van der Waals surface area contributed by atoms with E-state index in [-0.39, 0.29) is 25.9 Å². The van der Waals surface area contributed by atoms with Crippen LogP contribution in [-0.4, -0.2) is 66.5 Å². The Morgan fingerprint density at radius 3 is 1.00 bits per heavy atom. The van der Waals surface area contributed by atoms with Gasteiger partial charge in [0.25, 0.3) is 0 Å². The highest BCUT2D eigenvalue weighted by atomic mass is 31.2. The second-order valence-electron chi connectivity index (χ2n) is 21.9. The molecule has 2 N–H and O–H groups in total. The zero-order chi connectivity index (χ0) is 61.2. The summed E-state index contributed by atoms with van der Waals surface area (Å²) >= 11 is 0. The second kappa shape index (κ2) is 64.9. The van der Waals surface area contributed by atoms with Crippen LogP contribution in [0.1, 0.15) is 278 Å². The lowest BCUT2D eigenvalue weighted by Crippen LogP contribution is -2.30. The van der Waals surface area contributed by atoms with Gasteiger partial charge in [0.1, 0.15) is 12.7 Å². The molecule has 0 radical (unpaired) electrons. The Labute approximate surface area is 513 Å². The van der Waals surface area contributed by atoms with Crippen LogP contribution in [0, 0.1) is 0 Å². The Bertz CT molecular complexity index is 1870. The standard InChI is InChI=1S/C72H121O11P/c1-4-7-10-13-16-19-22-25-28-31-34-37-40-43-46-49-52-55-58-61-70(74)79-65-69(83-72(76)63-60-57-54-51-48-45-42-39-36-33-30-27-24-21-18-15-12-9-6-3)67-81-84(77,78)80-66-68(64-73)82-71(75)62-59-56-53-50-47-44-41-38-35-32-29-26-23-20-17-14-11-8-5-2/h7,10,16-21,25-30,34,37,43,46,52,55,68-69,73H,4-6,8-9,11-15,22-24,31-33,35-36,38-42,44-45,47-51,53-54,56-67H2,1-3H3,(H,77,78)/b10-7-,19-16-,20-17-,21-18-,28-25-,29-26-,30-27-,37-34-,46-43-,55-52-. The van der Waals surface area contributed by atoms with Gasteiger partial charge in [-0.2, -0.15) is 0 Å². The molecule has 0 spiro atoms.